The predicted octanol–water partition coefficient (Wildman–Crippen LogP) is -3.58. The van der Waals surface area contributed by atoms with Crippen molar-refractivity contribution in [1.29, 1.82) is 0 Å². The number of azo groups is 2. The van der Waals surface area contributed by atoms with E-state index in [1.165, 1.54) is 43.5 Å². The molecule has 0 saturated heterocycles. The Morgan fingerprint density at radius 1 is 0.782 bits per heavy atom. The van der Waals surface area contributed by atoms with Crippen molar-refractivity contribution >= 4 is 102 Å². The maximum absolute atomic E-state index is 12.2. The van der Waals surface area contributed by atoms with Gasteiger partial charge in [-0.2, -0.15) is 8.42 Å². The maximum atomic E-state index is 12.2. The third-order valence-corrected chi connectivity index (χ3v) is 10.7. The van der Waals surface area contributed by atoms with Gasteiger partial charge in [-0.3, -0.25) is 9.35 Å². The molecule has 0 atom stereocenters. The molecule has 55 heavy (non-hydrogen) atoms. The van der Waals surface area contributed by atoms with E-state index in [4.69, 9.17) is 10.5 Å². The number of nitrogens with zero attached hydrogens (tertiary/aromatic N) is 3. The van der Waals surface area contributed by atoms with Crippen LogP contribution in [0.3, 0.4) is 0 Å². The summed E-state index contributed by atoms with van der Waals surface area (Å²) in [6.45, 7) is 1.13. The van der Waals surface area contributed by atoms with Crippen molar-refractivity contribution in [3.63, 3.8) is 0 Å². The van der Waals surface area contributed by atoms with Crippen LogP contribution in [0.25, 0.3) is 21.5 Å². The van der Waals surface area contributed by atoms with Crippen LogP contribution in [0, 0.1) is 0 Å². The van der Waals surface area contributed by atoms with Crippen molar-refractivity contribution in [3.8, 4) is 5.75 Å². The summed E-state index contributed by atoms with van der Waals surface area (Å²) in [4.78, 5) is 8.14. The molecule has 0 saturated carbocycles. The number of nitrogens with one attached hydrogen (secondary N) is 2. The van der Waals surface area contributed by atoms with E-state index in [2.05, 4.69) is 25.8 Å². The number of methoxy groups -OCH3 is 1. The van der Waals surface area contributed by atoms with Crippen LogP contribution in [0.4, 0.5) is 34.1 Å². The monoisotopic (exact) mass is 868 g/mol. The number of fused-ring (bicyclic) bond motifs is 2. The molecule has 0 fully saturated rings. The number of hydrogen-bond donors (Lipinski definition) is 4. The zero-order valence-electron chi connectivity index (χ0n) is 28.7. The second kappa shape index (κ2) is 17.3. The van der Waals surface area contributed by atoms with E-state index in [-0.39, 0.29) is 126 Å². The largest absolute Gasteiger partial charge is 1.00 e. The van der Waals surface area contributed by atoms with Crippen molar-refractivity contribution in [3.05, 3.63) is 66.7 Å². The molecule has 5 aromatic rings. The van der Waals surface area contributed by atoms with E-state index in [0.29, 0.717) is 24.3 Å². The smallest absolute Gasteiger partial charge is 0.744 e. The van der Waals surface area contributed by atoms with Crippen LogP contribution in [-0.2, 0) is 45.3 Å². The zero-order valence-corrected chi connectivity index (χ0v) is 37.0. The van der Waals surface area contributed by atoms with Crippen molar-refractivity contribution in [2.24, 2.45) is 15.3 Å². The van der Waals surface area contributed by atoms with Gasteiger partial charge in [0.1, 0.15) is 46.6 Å². The number of carbonyl (C=O) groups is 1. The van der Waals surface area contributed by atoms with E-state index in [9.17, 15) is 56.7 Å². The third kappa shape index (κ3) is 10.6. The summed E-state index contributed by atoms with van der Waals surface area (Å²) in [7, 11) is -19.8. The first kappa shape index (κ1) is 46.5. The SMILES string of the molecule is COc1cc(N=Nc2cc3c(S(=O)(=O)O)cc(S(=O)(=O)[O-])cc3cc2S(=O)(=O)[O-])c(NC(C)=O)cc1N=[NH+]c1ccc(N)c2c(S(=O)(=O)[O-])cccc12.[K+].[Na+]. The van der Waals surface area contributed by atoms with Crippen LogP contribution in [0.15, 0.2) is 102 Å². The molecule has 26 heteroatoms. The Kier molecular flexibility index (Phi) is 14.7. The summed E-state index contributed by atoms with van der Waals surface area (Å²) in [5.41, 5.74) is 4.99. The molecule has 0 aliphatic carbocycles. The Hall–Kier alpha value is -2.83. The van der Waals surface area contributed by atoms with Crippen molar-refractivity contribution in [1.82, 2.24) is 0 Å². The van der Waals surface area contributed by atoms with Crippen LogP contribution < -0.4 is 102 Å². The standard InChI is InChI=1S/C29H24N6O14S4.K.Na/c1-14(36)31-21-12-23(34-32-20-7-6-19(30)29-17(20)4-3-5-26(29)51(40,41)42)25(49-2)13-22(21)33-35-24-11-18-15(9-28(24)53(46,47)48)8-16(50(37,38)39)10-27(18)52(43,44)45;;/h3-13H,30H2,1-2H3,(H,31,36)(H,37,38,39)(H,40,41,42)(H,43,44,45)(H,46,47,48);;/q;2*+1/p-2. The molecule has 278 valence electrons. The summed E-state index contributed by atoms with van der Waals surface area (Å²) < 4.78 is 147. The summed E-state index contributed by atoms with van der Waals surface area (Å²) in [5.74, 6) is -0.699. The molecule has 20 nitrogen and oxygen atoms in total. The Balaban J connectivity index is 0.00000406. The topological polar surface area (TPSA) is 341 Å². The molecule has 0 bridgehead atoms. The van der Waals surface area contributed by atoms with Crippen molar-refractivity contribution in [2.45, 2.75) is 26.5 Å². The molecular formula is C29H22KN6NaO14S4. The van der Waals surface area contributed by atoms with E-state index in [0.717, 1.165) is 13.0 Å². The van der Waals surface area contributed by atoms with Crippen LogP contribution in [-0.4, -0.2) is 64.9 Å². The van der Waals surface area contributed by atoms with Crippen molar-refractivity contribution in [2.75, 3.05) is 18.2 Å². The molecular weight excluding hydrogens is 847 g/mol. The average molecular weight is 869 g/mol. The van der Waals surface area contributed by atoms with Crippen LogP contribution in [0.5, 0.6) is 5.75 Å². The predicted molar refractivity (Wildman–Crippen MR) is 180 cm³/mol. The molecule has 0 spiro atoms. The van der Waals surface area contributed by atoms with E-state index in [1.54, 1.807) is 0 Å². The van der Waals surface area contributed by atoms with Gasteiger partial charge in [0.15, 0.2) is 11.4 Å². The minimum atomic E-state index is -5.46. The summed E-state index contributed by atoms with van der Waals surface area (Å²) in [5, 5.41) is 16.2. The molecule has 0 radical (unpaired) electrons. The minimum Gasteiger partial charge on any atom is -0.744 e. The van der Waals surface area contributed by atoms with Gasteiger partial charge >= 0.3 is 80.9 Å². The molecule has 5 rings (SSSR count). The van der Waals surface area contributed by atoms with Gasteiger partial charge in [-0.1, -0.05) is 11.2 Å². The third-order valence-electron chi connectivity index (χ3n) is 7.28. The Bertz CT molecular complexity index is 2910. The van der Waals surface area contributed by atoms with Gasteiger partial charge in [-0.05, 0) is 53.9 Å². The fourth-order valence-corrected chi connectivity index (χ4v) is 7.76. The van der Waals surface area contributed by atoms with Gasteiger partial charge in [0.05, 0.1) is 32.9 Å². The average Bonchev–Trinajstić information content (AvgIpc) is 3.04. The fourth-order valence-electron chi connectivity index (χ4n) is 5.07. The van der Waals surface area contributed by atoms with Gasteiger partial charge in [-0.25, -0.2) is 25.3 Å². The number of nitrogen functional groups attached to an aromatic ring is 1. The first-order valence-corrected chi connectivity index (χ1v) is 19.8. The molecule has 5 aromatic carbocycles. The quantitative estimate of drug-likeness (QED) is 0.0456. The number of benzene rings is 5. The van der Waals surface area contributed by atoms with Crippen LogP contribution >= 0.6 is 0 Å². The Labute approximate surface area is 377 Å². The molecule has 0 aromatic heterocycles. The first-order chi connectivity index (χ1) is 24.5. The van der Waals surface area contributed by atoms with Gasteiger partial charge in [-0.15, -0.1) is 10.2 Å². The molecule has 0 aliphatic heterocycles. The summed E-state index contributed by atoms with van der Waals surface area (Å²) >= 11 is 0. The number of rotatable bonds is 10. The first-order valence-electron chi connectivity index (χ1n) is 14.2. The number of amides is 1. The Morgan fingerprint density at radius 3 is 1.98 bits per heavy atom. The number of hydrogen-bond acceptors (Lipinski definition) is 17. The maximum Gasteiger partial charge on any atom is 1.00 e. The fraction of sp³-hybridized carbons (Fsp3) is 0.0690. The van der Waals surface area contributed by atoms with Gasteiger partial charge < -0.3 is 29.4 Å². The van der Waals surface area contributed by atoms with Gasteiger partial charge in [0.25, 0.3) is 10.1 Å². The van der Waals surface area contributed by atoms with Gasteiger partial charge in [0.2, 0.25) is 11.6 Å². The molecule has 0 aliphatic rings. The normalized spacial score (nSPS) is 12.5. The van der Waals surface area contributed by atoms with E-state index in [1.807, 2.05) is 0 Å². The number of carbonyl (C=O) groups excluding carboxylic acids is 1. The molecule has 1 amide bonds. The van der Waals surface area contributed by atoms with E-state index < -0.39 is 82.4 Å². The molecule has 5 N–H and O–H groups in total. The second-order valence-corrected chi connectivity index (χ2v) is 16.3. The number of anilines is 2. The van der Waals surface area contributed by atoms with E-state index >= 15 is 0 Å². The second-order valence-electron chi connectivity index (χ2n) is 10.8. The number of ether oxygens (including phenoxy) is 1. The van der Waals surface area contributed by atoms with Crippen molar-refractivity contribution < 1.29 is 147 Å². The van der Waals surface area contributed by atoms with Gasteiger partial charge in [0, 0.05) is 40.6 Å². The molecule has 0 heterocycles. The van der Waals surface area contributed by atoms with Crippen LogP contribution in [0.1, 0.15) is 6.92 Å². The molecule has 0 unspecified atom stereocenters. The zero-order chi connectivity index (χ0) is 39.3. The minimum absolute atomic E-state index is 0. The van der Waals surface area contributed by atoms with Crippen LogP contribution in [0.2, 0.25) is 0 Å². The summed E-state index contributed by atoms with van der Waals surface area (Å²) in [6.07, 6.45) is 0. The number of nitrogens with two attached hydrogens (primary N) is 1. The Morgan fingerprint density at radius 2 is 1.42 bits per heavy atom. The summed E-state index contributed by atoms with van der Waals surface area (Å²) in [6, 6.07) is 11.2.